The average molecular weight is 529 g/mol. The van der Waals surface area contributed by atoms with Crippen LogP contribution in [0.4, 0.5) is 36.6 Å². The van der Waals surface area contributed by atoms with Crippen molar-refractivity contribution in [3.63, 3.8) is 0 Å². The van der Waals surface area contributed by atoms with Crippen molar-refractivity contribution in [1.29, 1.82) is 0 Å². The van der Waals surface area contributed by atoms with Gasteiger partial charge in [0, 0.05) is 61.0 Å². The van der Waals surface area contributed by atoms with E-state index in [-0.39, 0.29) is 30.7 Å². The number of piperidine rings is 1. The summed E-state index contributed by atoms with van der Waals surface area (Å²) in [5.41, 5.74) is -0.212. The minimum Gasteiger partial charge on any atom is -0.373 e. The Morgan fingerprint density at radius 3 is 2.32 bits per heavy atom. The third kappa shape index (κ3) is 3.28. The summed E-state index contributed by atoms with van der Waals surface area (Å²) in [7, 11) is 1.86. The predicted molar refractivity (Wildman–Crippen MR) is 140 cm³/mol. The molecule has 2 aliphatic heterocycles. The number of aromatic nitrogens is 4. The molecule has 4 aliphatic carbocycles. The number of fused-ring (bicyclic) bond motifs is 3. The first-order chi connectivity index (χ1) is 17.9. The molecule has 5 fully saturated rings. The summed E-state index contributed by atoms with van der Waals surface area (Å²) in [6.45, 7) is 8.74. The van der Waals surface area contributed by atoms with Crippen LogP contribution >= 0.6 is 0 Å². The minimum atomic E-state index is -4.13. The van der Waals surface area contributed by atoms with Crippen molar-refractivity contribution in [2.75, 3.05) is 47.1 Å². The summed E-state index contributed by atoms with van der Waals surface area (Å²) in [4.78, 5) is 23.2. The van der Waals surface area contributed by atoms with Gasteiger partial charge in [-0.05, 0) is 50.9 Å². The molecule has 2 unspecified atom stereocenters. The van der Waals surface area contributed by atoms with Gasteiger partial charge < -0.3 is 20.4 Å². The van der Waals surface area contributed by atoms with Crippen molar-refractivity contribution in [3.05, 3.63) is 23.7 Å². The first-order valence-electron chi connectivity index (χ1n) is 13.7. The fourth-order valence-corrected chi connectivity index (χ4v) is 8.18. The van der Waals surface area contributed by atoms with E-state index in [1.165, 1.54) is 0 Å². The number of anilines is 4. The van der Waals surface area contributed by atoms with Gasteiger partial charge in [0.15, 0.2) is 0 Å². The van der Waals surface area contributed by atoms with E-state index in [0.717, 1.165) is 54.6 Å². The van der Waals surface area contributed by atoms with Crippen LogP contribution in [0.25, 0.3) is 0 Å². The number of nitrogens with zero attached hydrogens (tertiary/aromatic N) is 6. The largest absolute Gasteiger partial charge is 0.394 e. The minimum absolute atomic E-state index is 0.172. The van der Waals surface area contributed by atoms with E-state index in [4.69, 9.17) is 9.97 Å². The van der Waals surface area contributed by atoms with Crippen LogP contribution in [0.1, 0.15) is 57.2 Å². The molecule has 0 amide bonds. The summed E-state index contributed by atoms with van der Waals surface area (Å²) in [5, 5.41) is 6.95. The number of nitrogens with one attached hydrogen (secondary N) is 2. The lowest BCUT2D eigenvalue weighted by Gasteiger charge is -2.73. The Bertz CT molecular complexity index is 1260. The Labute approximate surface area is 220 Å². The van der Waals surface area contributed by atoms with Crippen molar-refractivity contribution in [2.24, 2.45) is 17.3 Å². The van der Waals surface area contributed by atoms with Crippen LogP contribution < -0.4 is 20.4 Å². The Morgan fingerprint density at radius 2 is 1.71 bits per heavy atom. The Balaban J connectivity index is 1.15. The Kier molecular flexibility index (Phi) is 4.86. The molecule has 6 aliphatic rings. The topological polar surface area (TPSA) is 82.1 Å². The van der Waals surface area contributed by atoms with Crippen molar-refractivity contribution >= 4 is 23.4 Å². The van der Waals surface area contributed by atoms with Crippen molar-refractivity contribution in [2.45, 2.75) is 76.0 Å². The molecule has 2 N–H and O–H groups in total. The van der Waals surface area contributed by atoms with Gasteiger partial charge in [-0.1, -0.05) is 13.8 Å². The van der Waals surface area contributed by atoms with Crippen molar-refractivity contribution in [3.8, 4) is 0 Å². The molecule has 1 saturated heterocycles. The van der Waals surface area contributed by atoms with Gasteiger partial charge in [0.05, 0.1) is 5.41 Å². The molecule has 4 heterocycles. The molecule has 2 atom stereocenters. The number of hydrogen-bond acceptors (Lipinski definition) is 8. The summed E-state index contributed by atoms with van der Waals surface area (Å²) in [6, 6.07) is 2.29. The monoisotopic (exact) mass is 528 g/mol. The number of rotatable bonds is 5. The molecule has 2 aromatic rings. The fourth-order valence-electron chi connectivity index (χ4n) is 8.18. The molecule has 8 rings (SSSR count). The van der Waals surface area contributed by atoms with Crippen LogP contribution in [0.2, 0.25) is 0 Å². The highest BCUT2D eigenvalue weighted by atomic mass is 19.4. The van der Waals surface area contributed by atoms with E-state index in [1.54, 1.807) is 6.33 Å². The van der Waals surface area contributed by atoms with Crippen LogP contribution in [-0.4, -0.2) is 64.4 Å². The van der Waals surface area contributed by atoms with Crippen LogP contribution in [0, 0.1) is 24.2 Å². The molecular formula is C27H35F3N8. The van der Waals surface area contributed by atoms with E-state index in [2.05, 4.69) is 44.2 Å². The summed E-state index contributed by atoms with van der Waals surface area (Å²) < 4.78 is 40.9. The predicted octanol–water partition coefficient (Wildman–Crippen LogP) is 4.53. The number of halogens is 3. The van der Waals surface area contributed by atoms with Gasteiger partial charge in [-0.15, -0.1) is 0 Å². The standard InChI is InChI=1S/C27H35F3N8/c1-15-7-18(33-14-32-15)37-8-16-5-6-17(9-37)20(16)34-23-35-21(31-4)19-22(36-23)38(13-24(19,2)3)26-10-25(11-26,12-26)27(28,29)30/h7,14,16-17,20H,5-6,8-13H2,1-4H3,(H2,31,34,35,36). The first kappa shape index (κ1) is 24.2. The molecule has 4 bridgehead atoms. The zero-order chi connectivity index (χ0) is 26.7. The van der Waals surface area contributed by atoms with Crippen LogP contribution in [0.3, 0.4) is 0 Å². The van der Waals surface area contributed by atoms with E-state index < -0.39 is 17.1 Å². The molecule has 4 saturated carbocycles. The molecule has 38 heavy (non-hydrogen) atoms. The normalized spacial score (nSPS) is 34.4. The average Bonchev–Trinajstić information content (AvgIpc) is 3.17. The van der Waals surface area contributed by atoms with Crippen molar-refractivity contribution < 1.29 is 13.2 Å². The third-order valence-corrected chi connectivity index (χ3v) is 10.0. The zero-order valence-corrected chi connectivity index (χ0v) is 22.4. The lowest BCUT2D eigenvalue weighted by molar-refractivity contribution is -0.332. The second-order valence-electron chi connectivity index (χ2n) is 13.0. The smallest absolute Gasteiger partial charge is 0.373 e. The lowest BCUT2D eigenvalue weighted by atomic mass is 9.38. The highest BCUT2D eigenvalue weighted by Gasteiger charge is 2.81. The van der Waals surface area contributed by atoms with E-state index in [0.29, 0.717) is 24.3 Å². The quantitative estimate of drug-likeness (QED) is 0.586. The second kappa shape index (κ2) is 7.63. The maximum absolute atomic E-state index is 13.6. The van der Waals surface area contributed by atoms with Crippen molar-refractivity contribution in [1.82, 2.24) is 19.9 Å². The second-order valence-corrected chi connectivity index (χ2v) is 13.0. The molecule has 8 nitrogen and oxygen atoms in total. The molecule has 11 heteroatoms. The molecule has 0 spiro atoms. The first-order valence-corrected chi connectivity index (χ1v) is 13.7. The Hall–Kier alpha value is -2.85. The number of hydrogen-bond donors (Lipinski definition) is 2. The maximum atomic E-state index is 13.6. The van der Waals surface area contributed by atoms with Gasteiger partial charge in [-0.2, -0.15) is 23.1 Å². The molecule has 0 aromatic carbocycles. The molecule has 2 aromatic heterocycles. The van der Waals surface area contributed by atoms with Gasteiger partial charge in [-0.3, -0.25) is 0 Å². The number of alkyl halides is 3. The van der Waals surface area contributed by atoms with Gasteiger partial charge in [0.2, 0.25) is 5.95 Å². The SMILES string of the molecule is CNc1nc(NC2C3CCC2CN(c2cc(C)ncn2)C3)nc2c1C(C)(C)CN2C12CC(C(F)(F)F)(C1)C2. The molecular weight excluding hydrogens is 493 g/mol. The highest BCUT2D eigenvalue weighted by molar-refractivity contribution is 5.71. The number of aryl methyl sites for hydroxylation is 1. The van der Waals surface area contributed by atoms with Crippen LogP contribution in [0.5, 0.6) is 0 Å². The van der Waals surface area contributed by atoms with E-state index in [9.17, 15) is 13.2 Å². The lowest BCUT2D eigenvalue weighted by Crippen LogP contribution is -2.79. The highest BCUT2D eigenvalue weighted by Crippen LogP contribution is 2.76. The maximum Gasteiger partial charge on any atom is 0.394 e. The third-order valence-electron chi connectivity index (χ3n) is 10.0. The summed E-state index contributed by atoms with van der Waals surface area (Å²) in [6.07, 6.45) is 0.288. The van der Waals surface area contributed by atoms with Crippen LogP contribution in [0.15, 0.2) is 12.4 Å². The molecule has 0 radical (unpaired) electrons. The van der Waals surface area contributed by atoms with Gasteiger partial charge in [0.25, 0.3) is 0 Å². The Morgan fingerprint density at radius 1 is 1.03 bits per heavy atom. The summed E-state index contributed by atoms with van der Waals surface area (Å²) >= 11 is 0. The zero-order valence-electron chi connectivity index (χ0n) is 22.4. The summed E-state index contributed by atoms with van der Waals surface area (Å²) in [5.74, 6) is 4.00. The van der Waals surface area contributed by atoms with Crippen LogP contribution in [-0.2, 0) is 5.41 Å². The van der Waals surface area contributed by atoms with E-state index in [1.807, 2.05) is 20.0 Å². The van der Waals surface area contributed by atoms with E-state index >= 15 is 0 Å². The fraction of sp³-hybridized carbons (Fsp3) is 0.704. The van der Waals surface area contributed by atoms with Gasteiger partial charge in [-0.25, -0.2) is 9.97 Å². The van der Waals surface area contributed by atoms with Gasteiger partial charge >= 0.3 is 6.18 Å². The molecule has 204 valence electrons. The van der Waals surface area contributed by atoms with Gasteiger partial charge in [0.1, 0.15) is 23.8 Å².